The highest BCUT2D eigenvalue weighted by molar-refractivity contribution is 7.99. The van der Waals surface area contributed by atoms with E-state index >= 15 is 0 Å². The van der Waals surface area contributed by atoms with Gasteiger partial charge in [0.2, 0.25) is 0 Å². The van der Waals surface area contributed by atoms with Crippen LogP contribution in [0, 0.1) is 5.92 Å². The molecule has 0 N–H and O–H groups in total. The van der Waals surface area contributed by atoms with Gasteiger partial charge >= 0.3 is 5.97 Å². The minimum atomic E-state index is -0.183. The van der Waals surface area contributed by atoms with Gasteiger partial charge < -0.3 is 4.74 Å². The fourth-order valence-corrected chi connectivity index (χ4v) is 2.03. The monoisotopic (exact) mass is 240 g/mol. The minimum absolute atomic E-state index is 0.116. The molecule has 1 heterocycles. The van der Waals surface area contributed by atoms with Crippen molar-refractivity contribution in [2.45, 2.75) is 25.3 Å². The molecule has 5 heteroatoms. The molecule has 0 aromatic carbocycles. The number of aryl methyl sites for hydroxylation is 1. The van der Waals surface area contributed by atoms with Crippen LogP contribution in [0.1, 0.15) is 19.5 Å². The molecule has 0 spiro atoms. The van der Waals surface area contributed by atoms with Gasteiger partial charge in [-0.05, 0) is 12.5 Å². The average Bonchev–Trinajstić information content (AvgIpc) is 2.35. The molecule has 1 rings (SSSR count). The number of aromatic nitrogens is 2. The zero-order chi connectivity index (χ0) is 12.0. The number of hydrogen-bond donors (Lipinski definition) is 0. The number of hydrogen-bond acceptors (Lipinski definition) is 5. The van der Waals surface area contributed by atoms with Crippen LogP contribution in [0.5, 0.6) is 0 Å². The predicted octanol–water partition coefficient (Wildman–Crippen LogP) is 1.94. The first-order valence-corrected chi connectivity index (χ1v) is 6.17. The fraction of sp³-hybridized carbons (Fsp3) is 0.545. The van der Waals surface area contributed by atoms with E-state index in [1.165, 1.54) is 7.11 Å². The van der Waals surface area contributed by atoms with Crippen LogP contribution >= 0.6 is 11.8 Å². The van der Waals surface area contributed by atoms with Crippen molar-refractivity contribution < 1.29 is 9.53 Å². The van der Waals surface area contributed by atoms with E-state index in [2.05, 4.69) is 14.7 Å². The second-order valence-electron chi connectivity index (χ2n) is 3.44. The Bertz CT molecular complexity index is 358. The third-order valence-corrected chi connectivity index (χ3v) is 3.33. The van der Waals surface area contributed by atoms with Gasteiger partial charge in [0.1, 0.15) is 6.33 Å². The van der Waals surface area contributed by atoms with E-state index in [1.807, 2.05) is 19.9 Å². The lowest BCUT2D eigenvalue weighted by Gasteiger charge is -2.08. The Morgan fingerprint density at radius 3 is 2.94 bits per heavy atom. The van der Waals surface area contributed by atoms with Gasteiger partial charge in [-0.1, -0.05) is 13.8 Å². The summed E-state index contributed by atoms with van der Waals surface area (Å²) in [5.74, 6) is 0.375. The maximum absolute atomic E-state index is 11.2. The summed E-state index contributed by atoms with van der Waals surface area (Å²) in [6.45, 7) is 3.90. The van der Waals surface area contributed by atoms with E-state index in [0.29, 0.717) is 5.75 Å². The molecule has 1 unspecified atom stereocenters. The highest BCUT2D eigenvalue weighted by Crippen LogP contribution is 2.19. The number of ether oxygens (including phenoxy) is 1. The van der Waals surface area contributed by atoms with Gasteiger partial charge in [0.25, 0.3) is 0 Å². The van der Waals surface area contributed by atoms with Gasteiger partial charge in [-0.3, -0.25) is 4.79 Å². The second kappa shape index (κ2) is 6.48. The number of nitrogens with zero attached hydrogens (tertiary/aromatic N) is 2. The van der Waals surface area contributed by atoms with Gasteiger partial charge in [-0.2, -0.15) is 0 Å². The molecule has 4 nitrogen and oxygen atoms in total. The number of carbonyl (C=O) groups excluding carboxylic acids is 1. The van der Waals surface area contributed by atoms with Crippen molar-refractivity contribution in [3.63, 3.8) is 0 Å². The number of thioether (sulfide) groups is 1. The van der Waals surface area contributed by atoms with Crippen LogP contribution in [0.3, 0.4) is 0 Å². The predicted molar refractivity (Wildman–Crippen MR) is 63.3 cm³/mol. The molecule has 0 bridgehead atoms. The van der Waals surface area contributed by atoms with Crippen molar-refractivity contribution in [1.29, 1.82) is 0 Å². The quantitative estimate of drug-likeness (QED) is 0.447. The van der Waals surface area contributed by atoms with Gasteiger partial charge in [-0.15, -0.1) is 11.8 Å². The summed E-state index contributed by atoms with van der Waals surface area (Å²) >= 11 is 1.55. The molecule has 88 valence electrons. The summed E-state index contributed by atoms with van der Waals surface area (Å²) in [4.78, 5) is 19.5. The number of rotatable bonds is 5. The SMILES string of the molecule is CCc1cc(SCC(C)C(=O)OC)ncn1. The largest absolute Gasteiger partial charge is 0.469 e. The van der Waals surface area contributed by atoms with Gasteiger partial charge in [0.15, 0.2) is 0 Å². The minimum Gasteiger partial charge on any atom is -0.469 e. The maximum Gasteiger partial charge on any atom is 0.309 e. The molecule has 0 fully saturated rings. The van der Waals surface area contributed by atoms with Crippen LogP contribution in [-0.2, 0) is 16.0 Å². The Labute approximate surface area is 99.8 Å². The molecule has 0 aliphatic heterocycles. The number of esters is 1. The Morgan fingerprint density at radius 2 is 2.31 bits per heavy atom. The summed E-state index contributed by atoms with van der Waals surface area (Å²) in [6, 6.07) is 1.95. The molecule has 0 amide bonds. The van der Waals surface area contributed by atoms with Crippen molar-refractivity contribution in [2.75, 3.05) is 12.9 Å². The van der Waals surface area contributed by atoms with E-state index in [9.17, 15) is 4.79 Å². The van der Waals surface area contributed by atoms with E-state index in [1.54, 1.807) is 18.1 Å². The van der Waals surface area contributed by atoms with Crippen molar-refractivity contribution in [1.82, 2.24) is 9.97 Å². The van der Waals surface area contributed by atoms with Gasteiger partial charge in [0, 0.05) is 11.4 Å². The molecule has 0 aliphatic carbocycles. The van der Waals surface area contributed by atoms with Crippen LogP contribution in [0.2, 0.25) is 0 Å². The highest BCUT2D eigenvalue weighted by atomic mass is 32.2. The molecule has 0 saturated carbocycles. The highest BCUT2D eigenvalue weighted by Gasteiger charge is 2.13. The van der Waals surface area contributed by atoms with E-state index in [0.717, 1.165) is 17.1 Å². The Kier molecular flexibility index (Phi) is 5.25. The van der Waals surface area contributed by atoms with Crippen molar-refractivity contribution in [3.05, 3.63) is 18.1 Å². The fourth-order valence-electron chi connectivity index (χ4n) is 1.13. The summed E-state index contributed by atoms with van der Waals surface area (Å²) in [5, 5.41) is 0.905. The van der Waals surface area contributed by atoms with Crippen molar-refractivity contribution in [2.24, 2.45) is 5.92 Å². The Balaban J connectivity index is 2.51. The third-order valence-electron chi connectivity index (χ3n) is 2.15. The Hall–Kier alpha value is -1.10. The molecular formula is C11H16N2O2S. The van der Waals surface area contributed by atoms with Crippen molar-refractivity contribution >= 4 is 17.7 Å². The molecule has 0 saturated heterocycles. The van der Waals surface area contributed by atoms with Crippen LogP contribution in [0.4, 0.5) is 0 Å². The summed E-state index contributed by atoms with van der Waals surface area (Å²) in [6.07, 6.45) is 2.45. The average molecular weight is 240 g/mol. The maximum atomic E-state index is 11.2. The number of carbonyl (C=O) groups is 1. The normalized spacial score (nSPS) is 12.2. The smallest absolute Gasteiger partial charge is 0.309 e. The summed E-state index contributed by atoms with van der Waals surface area (Å²) in [7, 11) is 1.41. The Morgan fingerprint density at radius 1 is 1.56 bits per heavy atom. The standard InChI is InChI=1S/C11H16N2O2S/c1-4-9-5-10(13-7-12-9)16-6-8(2)11(14)15-3/h5,7-8H,4,6H2,1-3H3. The van der Waals surface area contributed by atoms with Crippen molar-refractivity contribution in [3.8, 4) is 0 Å². The zero-order valence-corrected chi connectivity index (χ0v) is 10.6. The molecule has 0 radical (unpaired) electrons. The first-order valence-electron chi connectivity index (χ1n) is 5.19. The lowest BCUT2D eigenvalue weighted by molar-refractivity contribution is -0.143. The molecular weight excluding hydrogens is 224 g/mol. The topological polar surface area (TPSA) is 52.1 Å². The van der Waals surface area contributed by atoms with Gasteiger partial charge in [0.05, 0.1) is 18.1 Å². The number of methoxy groups -OCH3 is 1. The second-order valence-corrected chi connectivity index (χ2v) is 4.48. The van der Waals surface area contributed by atoms with E-state index < -0.39 is 0 Å². The lowest BCUT2D eigenvalue weighted by Crippen LogP contribution is -2.14. The third kappa shape index (κ3) is 3.81. The van der Waals surface area contributed by atoms with Gasteiger partial charge in [-0.25, -0.2) is 9.97 Å². The van der Waals surface area contributed by atoms with Crippen LogP contribution in [0.25, 0.3) is 0 Å². The molecule has 16 heavy (non-hydrogen) atoms. The molecule has 1 atom stereocenters. The molecule has 1 aromatic heterocycles. The van der Waals surface area contributed by atoms with Crippen LogP contribution < -0.4 is 0 Å². The summed E-state index contributed by atoms with van der Waals surface area (Å²) in [5.41, 5.74) is 1.02. The van der Waals surface area contributed by atoms with E-state index in [4.69, 9.17) is 0 Å². The zero-order valence-electron chi connectivity index (χ0n) is 9.77. The van der Waals surface area contributed by atoms with E-state index in [-0.39, 0.29) is 11.9 Å². The first kappa shape index (κ1) is 13.0. The van der Waals surface area contributed by atoms with Crippen LogP contribution in [0.15, 0.2) is 17.4 Å². The van der Waals surface area contributed by atoms with Crippen LogP contribution in [-0.4, -0.2) is 28.8 Å². The summed E-state index contributed by atoms with van der Waals surface area (Å²) < 4.78 is 4.66. The molecule has 0 aliphatic rings. The molecule has 1 aromatic rings. The lowest BCUT2D eigenvalue weighted by atomic mass is 10.2. The first-order chi connectivity index (χ1) is 7.67.